The molecule has 0 aromatic carbocycles. The van der Waals surface area contributed by atoms with Crippen LogP contribution in [0.15, 0.2) is 4.52 Å². The van der Waals surface area contributed by atoms with E-state index in [1.807, 2.05) is 13.8 Å². The molecule has 1 aliphatic heterocycles. The Morgan fingerprint density at radius 2 is 2.11 bits per heavy atom. The number of nitrogens with one attached hydrogen (secondary N) is 1. The van der Waals surface area contributed by atoms with Gasteiger partial charge in [-0.2, -0.15) is 4.98 Å². The maximum Gasteiger partial charge on any atom is 0.355 e. The van der Waals surface area contributed by atoms with Gasteiger partial charge >= 0.3 is 5.97 Å². The third kappa shape index (κ3) is 3.48. The van der Waals surface area contributed by atoms with E-state index < -0.39 is 5.97 Å². The van der Waals surface area contributed by atoms with Crippen molar-refractivity contribution in [3.8, 4) is 0 Å². The lowest BCUT2D eigenvalue weighted by Gasteiger charge is -2.22. The van der Waals surface area contributed by atoms with Crippen molar-refractivity contribution in [2.24, 2.45) is 0 Å². The summed E-state index contributed by atoms with van der Waals surface area (Å²) in [5, 5.41) is 4.02. The van der Waals surface area contributed by atoms with Crippen LogP contribution < -0.4 is 0 Å². The van der Waals surface area contributed by atoms with Gasteiger partial charge in [0.2, 0.25) is 5.89 Å². The predicted octanol–water partition coefficient (Wildman–Crippen LogP) is 3.29. The van der Waals surface area contributed by atoms with Crippen molar-refractivity contribution in [1.29, 1.82) is 0 Å². The molecule has 146 valence electrons. The van der Waals surface area contributed by atoms with Crippen LogP contribution in [0.25, 0.3) is 0 Å². The molecule has 3 rings (SSSR count). The second-order valence-corrected chi connectivity index (χ2v) is 7.15. The van der Waals surface area contributed by atoms with Crippen LogP contribution >= 0.6 is 0 Å². The number of rotatable bonds is 5. The lowest BCUT2D eigenvalue weighted by molar-refractivity contribution is 0.0519. The van der Waals surface area contributed by atoms with Gasteiger partial charge in [-0.05, 0) is 39.2 Å². The van der Waals surface area contributed by atoms with Gasteiger partial charge in [-0.25, -0.2) is 4.79 Å². The van der Waals surface area contributed by atoms with E-state index in [4.69, 9.17) is 9.26 Å². The van der Waals surface area contributed by atoms with Crippen LogP contribution in [0.4, 0.5) is 0 Å². The van der Waals surface area contributed by atoms with Crippen molar-refractivity contribution in [1.82, 2.24) is 20.0 Å². The zero-order chi connectivity index (χ0) is 19.7. The lowest BCUT2D eigenvalue weighted by Crippen LogP contribution is -2.31. The number of aromatic amines is 1. The van der Waals surface area contributed by atoms with Crippen LogP contribution in [0.3, 0.4) is 0 Å². The number of carbonyl (C=O) groups is 2. The summed E-state index contributed by atoms with van der Waals surface area (Å²) in [5.74, 6) is 0.690. The Bertz CT molecular complexity index is 852. The van der Waals surface area contributed by atoms with Crippen molar-refractivity contribution >= 4 is 11.9 Å². The molecule has 3 heterocycles. The number of hydrogen-bond donors (Lipinski definition) is 1. The van der Waals surface area contributed by atoms with Crippen LogP contribution in [0.5, 0.6) is 0 Å². The number of aromatic nitrogens is 3. The average Bonchev–Trinajstić information content (AvgIpc) is 3.32. The molecule has 0 saturated carbocycles. The van der Waals surface area contributed by atoms with E-state index in [1.54, 1.807) is 25.7 Å². The third-order valence-electron chi connectivity index (χ3n) is 4.90. The van der Waals surface area contributed by atoms with E-state index in [1.165, 1.54) is 0 Å². The molecule has 1 amide bonds. The predicted molar refractivity (Wildman–Crippen MR) is 97.6 cm³/mol. The van der Waals surface area contributed by atoms with Crippen LogP contribution in [0.1, 0.15) is 89.4 Å². The van der Waals surface area contributed by atoms with Crippen molar-refractivity contribution in [2.75, 3.05) is 13.2 Å². The Hall–Kier alpha value is -2.64. The Balaban J connectivity index is 1.89. The summed E-state index contributed by atoms with van der Waals surface area (Å²) in [6, 6.07) is -0.239. The molecule has 2 aromatic rings. The Morgan fingerprint density at radius 1 is 1.37 bits per heavy atom. The normalized spacial score (nSPS) is 17.0. The molecule has 0 unspecified atom stereocenters. The number of amides is 1. The molecule has 1 fully saturated rings. The molecule has 1 saturated heterocycles. The first-order valence-electron chi connectivity index (χ1n) is 9.35. The van der Waals surface area contributed by atoms with Gasteiger partial charge in [0.1, 0.15) is 11.7 Å². The van der Waals surface area contributed by atoms with Gasteiger partial charge in [0.25, 0.3) is 5.91 Å². The maximum absolute atomic E-state index is 13.3. The summed E-state index contributed by atoms with van der Waals surface area (Å²) in [6.45, 7) is 10.2. The van der Waals surface area contributed by atoms with Gasteiger partial charge in [-0.1, -0.05) is 19.0 Å². The molecule has 1 N–H and O–H groups in total. The minimum Gasteiger partial charge on any atom is -0.461 e. The number of H-pyrrole nitrogens is 1. The Morgan fingerprint density at radius 3 is 2.74 bits per heavy atom. The molecule has 27 heavy (non-hydrogen) atoms. The maximum atomic E-state index is 13.3. The monoisotopic (exact) mass is 374 g/mol. The van der Waals surface area contributed by atoms with E-state index in [0.29, 0.717) is 40.8 Å². The molecule has 8 heteroatoms. The smallest absolute Gasteiger partial charge is 0.355 e. The summed E-state index contributed by atoms with van der Waals surface area (Å²) in [5.41, 5.74) is 2.09. The van der Waals surface area contributed by atoms with Gasteiger partial charge in [0.15, 0.2) is 5.82 Å². The van der Waals surface area contributed by atoms with Crippen LogP contribution in [-0.4, -0.2) is 45.1 Å². The first kappa shape index (κ1) is 19.1. The van der Waals surface area contributed by atoms with Crippen LogP contribution in [0, 0.1) is 13.8 Å². The quantitative estimate of drug-likeness (QED) is 0.806. The minimum absolute atomic E-state index is 0.136. The molecule has 1 atom stereocenters. The Kier molecular flexibility index (Phi) is 5.34. The second kappa shape index (κ2) is 7.54. The van der Waals surface area contributed by atoms with E-state index in [2.05, 4.69) is 15.1 Å². The molecule has 1 aliphatic rings. The third-order valence-corrected chi connectivity index (χ3v) is 4.90. The van der Waals surface area contributed by atoms with Crippen LogP contribution in [-0.2, 0) is 4.74 Å². The van der Waals surface area contributed by atoms with E-state index in [-0.39, 0.29) is 24.5 Å². The number of aryl methyl sites for hydroxylation is 1. The number of ether oxygens (including phenoxy) is 1. The van der Waals surface area contributed by atoms with E-state index >= 15 is 0 Å². The molecule has 2 aromatic heterocycles. The zero-order valence-corrected chi connectivity index (χ0v) is 16.5. The topological polar surface area (TPSA) is 101 Å². The number of nitrogens with zero attached hydrogens (tertiary/aromatic N) is 3. The Labute approximate surface area is 158 Å². The summed E-state index contributed by atoms with van der Waals surface area (Å²) in [7, 11) is 0. The summed E-state index contributed by atoms with van der Waals surface area (Å²) in [6.07, 6.45) is 1.64. The van der Waals surface area contributed by atoms with Gasteiger partial charge < -0.3 is 19.1 Å². The van der Waals surface area contributed by atoms with Gasteiger partial charge in [0.05, 0.1) is 12.2 Å². The summed E-state index contributed by atoms with van der Waals surface area (Å²) >= 11 is 0. The fourth-order valence-electron chi connectivity index (χ4n) is 3.51. The SMILES string of the molecule is CCOC(=O)c1[nH]c(C)c(C(=O)N2CCC[C@@H]2c2nc(C(C)C)no2)c1C. The highest BCUT2D eigenvalue weighted by atomic mass is 16.5. The molecule has 0 bridgehead atoms. The summed E-state index contributed by atoms with van der Waals surface area (Å²) in [4.78, 5) is 34.6. The molecular weight excluding hydrogens is 348 g/mol. The standard InChI is InChI=1S/C19H26N4O4/c1-6-26-19(25)15-11(4)14(12(5)20-15)18(24)23-9-7-8-13(23)17-21-16(10(2)3)22-27-17/h10,13,20H,6-9H2,1-5H3/t13-/m1/s1. The van der Waals surface area contributed by atoms with Gasteiger partial charge in [-0.15, -0.1) is 0 Å². The van der Waals surface area contributed by atoms with Gasteiger partial charge in [0, 0.05) is 18.2 Å². The molecular formula is C19H26N4O4. The fourth-order valence-corrected chi connectivity index (χ4v) is 3.51. The number of esters is 1. The highest BCUT2D eigenvalue weighted by Gasteiger charge is 2.37. The highest BCUT2D eigenvalue weighted by molar-refractivity contribution is 6.01. The highest BCUT2D eigenvalue weighted by Crippen LogP contribution is 2.34. The van der Waals surface area contributed by atoms with Crippen molar-refractivity contribution in [2.45, 2.75) is 59.4 Å². The molecule has 8 nitrogen and oxygen atoms in total. The summed E-state index contributed by atoms with van der Waals surface area (Å²) < 4.78 is 10.5. The van der Waals surface area contributed by atoms with Crippen molar-refractivity contribution in [3.63, 3.8) is 0 Å². The first-order chi connectivity index (χ1) is 12.8. The number of likely N-dealkylation sites (tertiary alicyclic amines) is 1. The fraction of sp³-hybridized carbons (Fsp3) is 0.579. The van der Waals surface area contributed by atoms with Crippen LogP contribution in [0.2, 0.25) is 0 Å². The minimum atomic E-state index is -0.450. The van der Waals surface area contributed by atoms with E-state index in [9.17, 15) is 9.59 Å². The number of carbonyl (C=O) groups excluding carboxylic acids is 2. The average molecular weight is 374 g/mol. The van der Waals surface area contributed by atoms with Crippen molar-refractivity contribution in [3.05, 3.63) is 34.2 Å². The molecule has 0 radical (unpaired) electrons. The van der Waals surface area contributed by atoms with E-state index in [0.717, 1.165) is 12.8 Å². The lowest BCUT2D eigenvalue weighted by atomic mass is 10.1. The first-order valence-corrected chi connectivity index (χ1v) is 9.35. The van der Waals surface area contributed by atoms with Gasteiger partial charge in [-0.3, -0.25) is 4.79 Å². The second-order valence-electron chi connectivity index (χ2n) is 7.15. The number of hydrogen-bond acceptors (Lipinski definition) is 6. The molecule has 0 aliphatic carbocycles. The largest absolute Gasteiger partial charge is 0.461 e. The zero-order valence-electron chi connectivity index (χ0n) is 16.5. The van der Waals surface area contributed by atoms with Crippen molar-refractivity contribution < 1.29 is 18.8 Å². The molecule has 0 spiro atoms.